The molecular weight excluding hydrogens is 326 g/mol. The van der Waals surface area contributed by atoms with Gasteiger partial charge in [-0.1, -0.05) is 37.3 Å². The average Bonchev–Trinajstić information content (AvgIpc) is 2.68. The van der Waals surface area contributed by atoms with Crippen LogP contribution in [0.5, 0.6) is 0 Å². The highest BCUT2D eigenvalue weighted by Gasteiger charge is 2.26. The van der Waals surface area contributed by atoms with Crippen molar-refractivity contribution in [2.75, 3.05) is 36.4 Å². The van der Waals surface area contributed by atoms with Gasteiger partial charge in [-0.2, -0.15) is 0 Å². The molecule has 0 aliphatic carbocycles. The first-order valence-corrected chi connectivity index (χ1v) is 9.08. The van der Waals surface area contributed by atoms with Crippen molar-refractivity contribution in [3.05, 3.63) is 59.7 Å². The Labute approximate surface area is 154 Å². The SMILES string of the molecule is CCc1ccccc1NC(=O)C(=O)N1CCN(c2cccc(C)c2)CC1. The fourth-order valence-corrected chi connectivity index (χ4v) is 3.26. The van der Waals surface area contributed by atoms with Crippen molar-refractivity contribution in [2.45, 2.75) is 20.3 Å². The Morgan fingerprint density at radius 2 is 1.73 bits per heavy atom. The van der Waals surface area contributed by atoms with Crippen LogP contribution < -0.4 is 10.2 Å². The molecule has 0 atom stereocenters. The zero-order chi connectivity index (χ0) is 18.5. The number of anilines is 2. The molecule has 2 amide bonds. The van der Waals surface area contributed by atoms with Gasteiger partial charge >= 0.3 is 11.8 Å². The summed E-state index contributed by atoms with van der Waals surface area (Å²) in [5, 5.41) is 2.77. The molecule has 1 aliphatic heterocycles. The van der Waals surface area contributed by atoms with E-state index >= 15 is 0 Å². The van der Waals surface area contributed by atoms with Gasteiger partial charge in [0.1, 0.15) is 0 Å². The van der Waals surface area contributed by atoms with Crippen LogP contribution in [0.2, 0.25) is 0 Å². The summed E-state index contributed by atoms with van der Waals surface area (Å²) in [6.07, 6.45) is 0.805. The quantitative estimate of drug-likeness (QED) is 0.865. The molecule has 0 spiro atoms. The Bertz CT molecular complexity index is 795. The van der Waals surface area contributed by atoms with Crippen LogP contribution >= 0.6 is 0 Å². The number of piperazine rings is 1. The van der Waals surface area contributed by atoms with Gasteiger partial charge in [-0.3, -0.25) is 9.59 Å². The predicted molar refractivity (Wildman–Crippen MR) is 104 cm³/mol. The number of para-hydroxylation sites is 1. The number of nitrogens with zero attached hydrogens (tertiary/aromatic N) is 2. The van der Waals surface area contributed by atoms with E-state index in [1.807, 2.05) is 37.3 Å². The summed E-state index contributed by atoms with van der Waals surface area (Å²) in [4.78, 5) is 28.7. The van der Waals surface area contributed by atoms with Crippen molar-refractivity contribution in [1.82, 2.24) is 4.90 Å². The molecule has 136 valence electrons. The minimum absolute atomic E-state index is 0.459. The maximum atomic E-state index is 12.5. The molecular formula is C21H25N3O2. The van der Waals surface area contributed by atoms with Crippen molar-refractivity contribution in [3.8, 4) is 0 Å². The normalized spacial score (nSPS) is 14.2. The lowest BCUT2D eigenvalue weighted by molar-refractivity contribution is -0.143. The lowest BCUT2D eigenvalue weighted by atomic mass is 10.1. The van der Waals surface area contributed by atoms with E-state index in [2.05, 4.69) is 35.3 Å². The molecule has 0 unspecified atom stereocenters. The Morgan fingerprint density at radius 1 is 1.00 bits per heavy atom. The van der Waals surface area contributed by atoms with Crippen molar-refractivity contribution < 1.29 is 9.59 Å². The summed E-state index contributed by atoms with van der Waals surface area (Å²) in [5.74, 6) is -1.02. The average molecular weight is 351 g/mol. The number of nitrogens with one attached hydrogen (secondary N) is 1. The molecule has 1 heterocycles. The molecule has 5 nitrogen and oxygen atoms in total. The van der Waals surface area contributed by atoms with Crippen molar-refractivity contribution in [2.24, 2.45) is 0 Å². The Balaban J connectivity index is 1.58. The number of carbonyl (C=O) groups excluding carboxylic acids is 2. The number of hydrogen-bond acceptors (Lipinski definition) is 3. The Kier molecular flexibility index (Phi) is 5.56. The molecule has 0 radical (unpaired) electrons. The number of benzene rings is 2. The molecule has 0 bridgehead atoms. The van der Waals surface area contributed by atoms with Crippen LogP contribution in [0.1, 0.15) is 18.1 Å². The molecule has 3 rings (SSSR count). The minimum Gasteiger partial charge on any atom is -0.368 e. The lowest BCUT2D eigenvalue weighted by Crippen LogP contribution is -2.51. The maximum absolute atomic E-state index is 12.5. The molecule has 1 N–H and O–H groups in total. The van der Waals surface area contributed by atoms with Crippen molar-refractivity contribution in [1.29, 1.82) is 0 Å². The number of hydrogen-bond donors (Lipinski definition) is 1. The van der Waals surface area contributed by atoms with Crippen LogP contribution in [0.4, 0.5) is 11.4 Å². The Hall–Kier alpha value is -2.82. The van der Waals surface area contributed by atoms with E-state index in [-0.39, 0.29) is 0 Å². The molecule has 1 saturated heterocycles. The monoisotopic (exact) mass is 351 g/mol. The molecule has 1 fully saturated rings. The van der Waals surface area contributed by atoms with Gasteiger partial charge in [-0.05, 0) is 42.7 Å². The molecule has 26 heavy (non-hydrogen) atoms. The summed E-state index contributed by atoms with van der Waals surface area (Å²) in [6.45, 7) is 6.66. The third-order valence-corrected chi connectivity index (χ3v) is 4.77. The first-order valence-electron chi connectivity index (χ1n) is 9.08. The van der Waals surface area contributed by atoms with Crippen LogP contribution in [-0.2, 0) is 16.0 Å². The Morgan fingerprint density at radius 3 is 2.42 bits per heavy atom. The zero-order valence-electron chi connectivity index (χ0n) is 15.4. The van der Waals surface area contributed by atoms with Crippen molar-refractivity contribution >= 4 is 23.2 Å². The zero-order valence-corrected chi connectivity index (χ0v) is 15.4. The minimum atomic E-state index is -0.560. The molecule has 1 aliphatic rings. The first-order chi connectivity index (χ1) is 12.6. The van der Waals surface area contributed by atoms with E-state index < -0.39 is 11.8 Å². The summed E-state index contributed by atoms with van der Waals surface area (Å²) in [7, 11) is 0. The van der Waals surface area contributed by atoms with E-state index in [0.29, 0.717) is 18.8 Å². The van der Waals surface area contributed by atoms with Crippen LogP contribution in [0.15, 0.2) is 48.5 Å². The number of carbonyl (C=O) groups is 2. The van der Waals surface area contributed by atoms with Gasteiger partial charge < -0.3 is 15.1 Å². The summed E-state index contributed by atoms with van der Waals surface area (Å²) in [6, 6.07) is 15.9. The van der Waals surface area contributed by atoms with E-state index in [1.165, 1.54) is 11.3 Å². The lowest BCUT2D eigenvalue weighted by Gasteiger charge is -2.35. The van der Waals surface area contributed by atoms with Gasteiger partial charge in [0.2, 0.25) is 0 Å². The van der Waals surface area contributed by atoms with Gasteiger partial charge in [0.25, 0.3) is 0 Å². The third-order valence-electron chi connectivity index (χ3n) is 4.77. The van der Waals surface area contributed by atoms with Crippen LogP contribution in [-0.4, -0.2) is 42.9 Å². The van der Waals surface area contributed by atoms with Crippen LogP contribution in [0.25, 0.3) is 0 Å². The summed E-state index contributed by atoms with van der Waals surface area (Å²) < 4.78 is 0. The fraction of sp³-hybridized carbons (Fsp3) is 0.333. The molecule has 5 heteroatoms. The number of amides is 2. The molecule has 0 saturated carbocycles. The second kappa shape index (κ2) is 8.04. The molecule has 0 aromatic heterocycles. The molecule has 2 aromatic carbocycles. The summed E-state index contributed by atoms with van der Waals surface area (Å²) in [5.41, 5.74) is 4.12. The standard InChI is InChI=1S/C21H25N3O2/c1-3-17-8-4-5-10-19(17)22-20(25)21(26)24-13-11-23(12-14-24)18-9-6-7-16(2)15-18/h4-10,15H,3,11-14H2,1-2H3,(H,22,25). The van der Waals surface area contributed by atoms with E-state index in [9.17, 15) is 9.59 Å². The first kappa shape index (κ1) is 18.0. The smallest absolute Gasteiger partial charge is 0.313 e. The second-order valence-corrected chi connectivity index (χ2v) is 6.58. The van der Waals surface area contributed by atoms with Crippen LogP contribution in [0.3, 0.4) is 0 Å². The fourth-order valence-electron chi connectivity index (χ4n) is 3.26. The molecule has 2 aromatic rings. The van der Waals surface area contributed by atoms with E-state index in [0.717, 1.165) is 25.1 Å². The summed E-state index contributed by atoms with van der Waals surface area (Å²) >= 11 is 0. The highest BCUT2D eigenvalue weighted by Crippen LogP contribution is 2.19. The van der Waals surface area contributed by atoms with Gasteiger partial charge in [0.15, 0.2) is 0 Å². The largest absolute Gasteiger partial charge is 0.368 e. The van der Waals surface area contributed by atoms with E-state index in [1.54, 1.807) is 4.90 Å². The maximum Gasteiger partial charge on any atom is 0.313 e. The number of rotatable bonds is 3. The van der Waals surface area contributed by atoms with E-state index in [4.69, 9.17) is 0 Å². The van der Waals surface area contributed by atoms with Gasteiger partial charge in [0, 0.05) is 37.6 Å². The highest BCUT2D eigenvalue weighted by molar-refractivity contribution is 6.39. The number of aryl methyl sites for hydroxylation is 2. The van der Waals surface area contributed by atoms with Gasteiger partial charge in [-0.15, -0.1) is 0 Å². The second-order valence-electron chi connectivity index (χ2n) is 6.58. The van der Waals surface area contributed by atoms with Gasteiger partial charge in [0.05, 0.1) is 0 Å². The van der Waals surface area contributed by atoms with Crippen molar-refractivity contribution in [3.63, 3.8) is 0 Å². The third kappa shape index (κ3) is 4.04. The highest BCUT2D eigenvalue weighted by atomic mass is 16.2. The predicted octanol–water partition coefficient (Wildman–Crippen LogP) is 2.84. The van der Waals surface area contributed by atoms with Gasteiger partial charge in [-0.25, -0.2) is 0 Å². The topological polar surface area (TPSA) is 52.7 Å². The van der Waals surface area contributed by atoms with Crippen LogP contribution in [0, 0.1) is 6.92 Å².